The summed E-state index contributed by atoms with van der Waals surface area (Å²) in [6.07, 6.45) is 0.861. The Labute approximate surface area is 120 Å². The Morgan fingerprint density at radius 2 is 2.25 bits per heavy atom. The lowest BCUT2D eigenvalue weighted by molar-refractivity contribution is -0.383. The van der Waals surface area contributed by atoms with Crippen LogP contribution in [-0.2, 0) is 0 Å². The summed E-state index contributed by atoms with van der Waals surface area (Å²) in [5, 5.41) is 31.4. The molecule has 1 saturated carbocycles. The van der Waals surface area contributed by atoms with Crippen molar-refractivity contribution >= 4 is 22.0 Å². The van der Waals surface area contributed by atoms with Crippen LogP contribution in [0.15, 0.2) is 6.07 Å². The zero-order valence-corrected chi connectivity index (χ0v) is 12.0. The molecule has 1 aliphatic carbocycles. The van der Waals surface area contributed by atoms with Crippen molar-refractivity contribution in [2.75, 3.05) is 18.0 Å². The lowest BCUT2D eigenvalue weighted by Crippen LogP contribution is -2.24. The third-order valence-corrected chi connectivity index (χ3v) is 5.78. The van der Waals surface area contributed by atoms with Gasteiger partial charge in [0.1, 0.15) is 0 Å². The van der Waals surface area contributed by atoms with Crippen molar-refractivity contribution in [2.45, 2.75) is 32.0 Å². The monoisotopic (exact) mass is 298 g/mol. The zero-order valence-electron chi connectivity index (χ0n) is 11.2. The number of aliphatic hydroxyl groups is 2. The van der Waals surface area contributed by atoms with E-state index in [2.05, 4.69) is 0 Å². The minimum Gasteiger partial charge on any atom is -0.393 e. The number of nitro groups is 1. The highest BCUT2D eigenvalue weighted by Crippen LogP contribution is 2.46. The van der Waals surface area contributed by atoms with Gasteiger partial charge in [0.2, 0.25) is 0 Å². The maximum absolute atomic E-state index is 11.2. The molecular weight excluding hydrogens is 280 g/mol. The highest BCUT2D eigenvalue weighted by Gasteiger charge is 2.43. The lowest BCUT2D eigenvalue weighted by atomic mass is 10.00. The first-order chi connectivity index (χ1) is 9.47. The smallest absolute Gasteiger partial charge is 0.304 e. The summed E-state index contributed by atoms with van der Waals surface area (Å²) >= 11 is 1.29. The first-order valence-corrected chi connectivity index (χ1v) is 7.68. The van der Waals surface area contributed by atoms with Crippen LogP contribution in [0.3, 0.4) is 0 Å². The molecule has 0 radical (unpaired) electrons. The summed E-state index contributed by atoms with van der Waals surface area (Å²) in [5.41, 5.74) is 0.0698. The zero-order chi connectivity index (χ0) is 14.4. The molecule has 0 bridgehead atoms. The molecule has 1 aromatic heterocycles. The first kappa shape index (κ1) is 13.8. The molecule has 0 aromatic carbocycles. The fraction of sp³-hybridized carbons (Fsp3) is 0.692. The van der Waals surface area contributed by atoms with E-state index in [0.717, 1.165) is 19.4 Å². The average Bonchev–Trinajstić information content (AvgIpc) is 3.04. The van der Waals surface area contributed by atoms with E-state index in [1.165, 1.54) is 17.4 Å². The number of aliphatic hydroxyl groups excluding tert-OH is 2. The summed E-state index contributed by atoms with van der Waals surface area (Å²) in [7, 11) is 0. The molecule has 3 unspecified atom stereocenters. The van der Waals surface area contributed by atoms with E-state index in [-0.39, 0.29) is 22.6 Å². The van der Waals surface area contributed by atoms with E-state index in [4.69, 9.17) is 0 Å². The summed E-state index contributed by atoms with van der Waals surface area (Å²) < 4.78 is 0. The van der Waals surface area contributed by atoms with Crippen LogP contribution >= 0.6 is 11.3 Å². The van der Waals surface area contributed by atoms with Gasteiger partial charge in [-0.1, -0.05) is 0 Å². The first-order valence-electron chi connectivity index (χ1n) is 6.86. The van der Waals surface area contributed by atoms with Gasteiger partial charge in [-0.2, -0.15) is 0 Å². The maximum atomic E-state index is 11.2. The highest BCUT2D eigenvalue weighted by molar-refractivity contribution is 7.16. The molecule has 2 N–H and O–H groups in total. The molecule has 0 spiro atoms. The summed E-state index contributed by atoms with van der Waals surface area (Å²) in [4.78, 5) is 13.4. The number of thiophene rings is 1. The number of hydrogen-bond donors (Lipinski definition) is 2. The molecule has 2 heterocycles. The van der Waals surface area contributed by atoms with Gasteiger partial charge in [-0.3, -0.25) is 10.1 Å². The van der Waals surface area contributed by atoms with Gasteiger partial charge in [0, 0.05) is 30.0 Å². The second-order valence-electron chi connectivity index (χ2n) is 5.75. The predicted octanol–water partition coefficient (Wildman–Crippen LogP) is 1.92. The molecule has 3 rings (SSSR count). The van der Waals surface area contributed by atoms with Gasteiger partial charge < -0.3 is 15.1 Å². The van der Waals surface area contributed by atoms with Gasteiger partial charge >= 0.3 is 5.69 Å². The standard InChI is InChI=1S/C13H18N2O4S/c1-7(16)12-4-10(15(18)19)13(20-12)14-5-8-2-3-11(17)9(8)6-14/h4,7-9,11,16-17H,2-3,5-6H2,1H3/t7-,8?,9?,11?/m1/s1. The number of rotatable bonds is 3. The van der Waals surface area contributed by atoms with Gasteiger partial charge in [0.15, 0.2) is 5.00 Å². The topological polar surface area (TPSA) is 86.8 Å². The number of nitrogens with zero attached hydrogens (tertiary/aromatic N) is 2. The molecule has 6 nitrogen and oxygen atoms in total. The Balaban J connectivity index is 1.89. The molecule has 4 atom stereocenters. The molecule has 7 heteroatoms. The maximum Gasteiger partial charge on any atom is 0.304 e. The molecule has 1 aromatic rings. The number of anilines is 1. The minimum absolute atomic E-state index is 0.0698. The fourth-order valence-corrected chi connectivity index (χ4v) is 4.44. The quantitative estimate of drug-likeness (QED) is 0.657. The van der Waals surface area contributed by atoms with Gasteiger partial charge in [-0.25, -0.2) is 0 Å². The molecule has 20 heavy (non-hydrogen) atoms. The predicted molar refractivity (Wildman–Crippen MR) is 76.0 cm³/mol. The number of fused-ring (bicyclic) bond motifs is 1. The van der Waals surface area contributed by atoms with Crippen molar-refractivity contribution in [3.8, 4) is 0 Å². The van der Waals surface area contributed by atoms with Crippen LogP contribution in [-0.4, -0.2) is 34.3 Å². The Hall–Kier alpha value is -1.18. The molecular formula is C13H18N2O4S. The van der Waals surface area contributed by atoms with Crippen LogP contribution in [0, 0.1) is 22.0 Å². The van der Waals surface area contributed by atoms with Crippen molar-refractivity contribution in [3.05, 3.63) is 21.1 Å². The second-order valence-corrected chi connectivity index (χ2v) is 6.81. The SMILES string of the molecule is C[C@@H](O)c1cc([N+](=O)[O-])c(N2CC3CCC(O)C3C2)s1. The second kappa shape index (κ2) is 4.98. The van der Waals surface area contributed by atoms with Gasteiger partial charge in [-0.15, -0.1) is 11.3 Å². The van der Waals surface area contributed by atoms with Gasteiger partial charge in [-0.05, 0) is 25.7 Å². The summed E-state index contributed by atoms with van der Waals surface area (Å²) in [5.74, 6) is 0.661. The van der Waals surface area contributed by atoms with E-state index in [0.29, 0.717) is 22.3 Å². The van der Waals surface area contributed by atoms with Crippen molar-refractivity contribution in [1.82, 2.24) is 0 Å². The molecule has 0 amide bonds. The van der Waals surface area contributed by atoms with Crippen LogP contribution in [0.5, 0.6) is 0 Å². The fourth-order valence-electron chi connectivity index (χ4n) is 3.36. The largest absolute Gasteiger partial charge is 0.393 e. The van der Waals surface area contributed by atoms with E-state index < -0.39 is 6.10 Å². The Bertz CT molecular complexity index is 530. The van der Waals surface area contributed by atoms with Crippen molar-refractivity contribution in [1.29, 1.82) is 0 Å². The van der Waals surface area contributed by atoms with Crippen LogP contribution in [0.2, 0.25) is 0 Å². The van der Waals surface area contributed by atoms with E-state index in [1.54, 1.807) is 6.92 Å². The third kappa shape index (κ3) is 2.19. The third-order valence-electron chi connectivity index (χ3n) is 4.43. The van der Waals surface area contributed by atoms with Gasteiger partial charge in [0.25, 0.3) is 0 Å². The van der Waals surface area contributed by atoms with Crippen molar-refractivity contribution < 1.29 is 15.1 Å². The van der Waals surface area contributed by atoms with E-state index in [9.17, 15) is 20.3 Å². The van der Waals surface area contributed by atoms with Crippen LogP contribution in [0.1, 0.15) is 30.7 Å². The summed E-state index contributed by atoms with van der Waals surface area (Å²) in [6.45, 7) is 3.05. The Morgan fingerprint density at radius 1 is 1.50 bits per heavy atom. The Kier molecular flexibility index (Phi) is 3.43. The highest BCUT2D eigenvalue weighted by atomic mass is 32.1. The average molecular weight is 298 g/mol. The summed E-state index contributed by atoms with van der Waals surface area (Å²) in [6, 6.07) is 1.47. The lowest BCUT2D eigenvalue weighted by Gasteiger charge is -2.17. The van der Waals surface area contributed by atoms with Crippen LogP contribution < -0.4 is 4.90 Å². The Morgan fingerprint density at radius 3 is 2.85 bits per heavy atom. The van der Waals surface area contributed by atoms with Crippen molar-refractivity contribution in [3.63, 3.8) is 0 Å². The molecule has 1 aliphatic heterocycles. The molecule has 2 aliphatic rings. The molecule has 2 fully saturated rings. The molecule has 1 saturated heterocycles. The number of hydrogen-bond acceptors (Lipinski definition) is 6. The van der Waals surface area contributed by atoms with Gasteiger partial charge in [0.05, 0.1) is 17.1 Å². The van der Waals surface area contributed by atoms with E-state index in [1.807, 2.05) is 4.90 Å². The van der Waals surface area contributed by atoms with Crippen LogP contribution in [0.25, 0.3) is 0 Å². The van der Waals surface area contributed by atoms with Crippen molar-refractivity contribution in [2.24, 2.45) is 11.8 Å². The molecule has 110 valence electrons. The minimum atomic E-state index is -0.694. The van der Waals surface area contributed by atoms with Crippen LogP contribution in [0.4, 0.5) is 10.7 Å². The normalized spacial score (nSPS) is 30.6. The van der Waals surface area contributed by atoms with E-state index >= 15 is 0 Å².